The van der Waals surface area contributed by atoms with E-state index in [1.165, 1.54) is 22.5 Å². The Kier molecular flexibility index (Phi) is 7.62. The first-order valence-electron chi connectivity index (χ1n) is 13.7. The van der Waals surface area contributed by atoms with Crippen LogP contribution in [0.5, 0.6) is 0 Å². The minimum absolute atomic E-state index is 0.623. The van der Waals surface area contributed by atoms with Crippen LogP contribution in [-0.4, -0.2) is 26.2 Å². The molecule has 38 heavy (non-hydrogen) atoms. The predicted octanol–water partition coefficient (Wildman–Crippen LogP) is 7.36. The summed E-state index contributed by atoms with van der Waals surface area (Å²) >= 11 is 0. The quantitative estimate of drug-likeness (QED) is 0.263. The normalized spacial score (nSPS) is 15.4. The van der Waals surface area contributed by atoms with Crippen LogP contribution >= 0.6 is 0 Å². The third-order valence-corrected chi connectivity index (χ3v) is 7.77. The third kappa shape index (κ3) is 5.22. The molecule has 4 nitrogen and oxygen atoms in total. The number of allylic oxidation sites excluding steroid dienone is 2. The third-order valence-electron chi connectivity index (χ3n) is 7.77. The number of hydrogen-bond donors (Lipinski definition) is 0. The monoisotopic (exact) mass is 498 g/mol. The standard InChI is InChI=1S/C34H34N4/c1-3-37-17-5-7-29-19-25(9-15-33(29)37)21-31(23-35)27-11-13-28(14-12-27)32(24-36)22-26-10-16-34-30(20-26)8-6-18-38(34)4-2/h9-16,19-22H,3-8,17-18H2,1-2H3/b31-21+,32-22+. The van der Waals surface area contributed by atoms with Crippen LogP contribution in [0.15, 0.2) is 60.7 Å². The maximum absolute atomic E-state index is 9.92. The molecular formula is C34H34N4. The van der Waals surface area contributed by atoms with E-state index in [1.807, 2.05) is 36.4 Å². The van der Waals surface area contributed by atoms with Gasteiger partial charge in [0.25, 0.3) is 0 Å². The van der Waals surface area contributed by atoms with Crippen LogP contribution in [0.3, 0.4) is 0 Å². The molecule has 5 rings (SSSR count). The van der Waals surface area contributed by atoms with Gasteiger partial charge in [-0.2, -0.15) is 10.5 Å². The van der Waals surface area contributed by atoms with E-state index in [0.717, 1.165) is 74.1 Å². The van der Waals surface area contributed by atoms with Crippen LogP contribution in [0, 0.1) is 22.7 Å². The Hall–Kier alpha value is -4.28. The Morgan fingerprint density at radius 2 is 1.11 bits per heavy atom. The summed E-state index contributed by atoms with van der Waals surface area (Å²) in [6, 6.07) is 25.5. The molecule has 0 unspecified atom stereocenters. The van der Waals surface area contributed by atoms with Gasteiger partial charge in [0.15, 0.2) is 0 Å². The summed E-state index contributed by atoms with van der Waals surface area (Å²) in [5.74, 6) is 0. The Balaban J connectivity index is 1.38. The van der Waals surface area contributed by atoms with Crippen LogP contribution < -0.4 is 9.80 Å². The van der Waals surface area contributed by atoms with Gasteiger partial charge >= 0.3 is 0 Å². The van der Waals surface area contributed by atoms with Crippen LogP contribution in [0.25, 0.3) is 23.3 Å². The molecule has 3 aromatic carbocycles. The first-order valence-corrected chi connectivity index (χ1v) is 13.7. The first kappa shape index (κ1) is 25.4. The van der Waals surface area contributed by atoms with E-state index in [1.54, 1.807) is 0 Å². The lowest BCUT2D eigenvalue weighted by Crippen LogP contribution is -2.28. The summed E-state index contributed by atoms with van der Waals surface area (Å²) in [4.78, 5) is 4.83. The summed E-state index contributed by atoms with van der Waals surface area (Å²) in [5, 5.41) is 19.8. The average molecular weight is 499 g/mol. The zero-order valence-electron chi connectivity index (χ0n) is 22.4. The molecule has 2 aliphatic heterocycles. The Morgan fingerprint density at radius 3 is 1.47 bits per heavy atom. The van der Waals surface area contributed by atoms with E-state index in [-0.39, 0.29) is 0 Å². The van der Waals surface area contributed by atoms with E-state index >= 15 is 0 Å². The molecule has 0 amide bonds. The Labute approximate surface area is 226 Å². The summed E-state index contributed by atoms with van der Waals surface area (Å²) in [6.45, 7) is 8.64. The van der Waals surface area contributed by atoms with Crippen molar-refractivity contribution in [3.05, 3.63) is 94.0 Å². The summed E-state index contributed by atoms with van der Waals surface area (Å²) in [6.07, 6.45) is 8.42. The van der Waals surface area contributed by atoms with Gasteiger partial charge in [0.05, 0.1) is 23.3 Å². The number of hydrogen-bond acceptors (Lipinski definition) is 4. The fourth-order valence-electron chi connectivity index (χ4n) is 5.75. The van der Waals surface area contributed by atoms with Crippen molar-refractivity contribution in [1.82, 2.24) is 0 Å². The van der Waals surface area contributed by atoms with Crippen molar-refractivity contribution >= 4 is 34.7 Å². The fourth-order valence-corrected chi connectivity index (χ4v) is 5.75. The maximum Gasteiger partial charge on any atom is 0.0998 e. The van der Waals surface area contributed by atoms with Crippen molar-refractivity contribution in [1.29, 1.82) is 10.5 Å². The van der Waals surface area contributed by atoms with Gasteiger partial charge in [-0.1, -0.05) is 36.4 Å². The van der Waals surface area contributed by atoms with Gasteiger partial charge in [0, 0.05) is 37.6 Å². The highest BCUT2D eigenvalue weighted by Gasteiger charge is 2.17. The topological polar surface area (TPSA) is 54.1 Å². The van der Waals surface area contributed by atoms with Gasteiger partial charge in [-0.05, 0) is 109 Å². The summed E-state index contributed by atoms with van der Waals surface area (Å²) < 4.78 is 0. The molecule has 0 atom stereocenters. The summed E-state index contributed by atoms with van der Waals surface area (Å²) in [7, 11) is 0. The van der Waals surface area contributed by atoms with Crippen LogP contribution in [0.4, 0.5) is 11.4 Å². The highest BCUT2D eigenvalue weighted by atomic mass is 15.1. The van der Waals surface area contributed by atoms with E-state index in [4.69, 9.17) is 0 Å². The lowest BCUT2D eigenvalue weighted by atomic mass is 9.95. The number of nitrogens with zero attached hydrogens (tertiary/aromatic N) is 4. The molecule has 3 aromatic rings. The van der Waals surface area contributed by atoms with Gasteiger partial charge in [0.2, 0.25) is 0 Å². The second kappa shape index (κ2) is 11.4. The van der Waals surface area contributed by atoms with Crippen molar-refractivity contribution in [3.63, 3.8) is 0 Å². The number of fused-ring (bicyclic) bond motifs is 2. The van der Waals surface area contributed by atoms with Crippen LogP contribution in [0.1, 0.15) is 60.1 Å². The molecule has 0 N–H and O–H groups in total. The van der Waals surface area contributed by atoms with Gasteiger partial charge in [-0.3, -0.25) is 0 Å². The number of nitriles is 2. The van der Waals surface area contributed by atoms with Crippen molar-refractivity contribution in [2.45, 2.75) is 39.5 Å². The Morgan fingerprint density at radius 1 is 0.684 bits per heavy atom. The molecule has 0 aromatic heterocycles. The van der Waals surface area contributed by atoms with Crippen molar-refractivity contribution < 1.29 is 0 Å². The van der Waals surface area contributed by atoms with Gasteiger partial charge in [-0.25, -0.2) is 0 Å². The lowest BCUT2D eigenvalue weighted by molar-refractivity contribution is 0.707. The zero-order chi connectivity index (χ0) is 26.5. The molecule has 0 saturated heterocycles. The molecule has 2 aliphatic rings. The SMILES string of the molecule is CCN1CCCc2cc(/C=C(\C#N)c3ccc(/C(C#N)=C/c4ccc5c(c4)CCCN5CC)cc3)ccc21. The van der Waals surface area contributed by atoms with Crippen molar-refractivity contribution in [2.75, 3.05) is 36.0 Å². The number of anilines is 2. The molecule has 190 valence electrons. The van der Waals surface area contributed by atoms with Gasteiger partial charge in [0.1, 0.15) is 0 Å². The van der Waals surface area contributed by atoms with Crippen molar-refractivity contribution in [3.8, 4) is 12.1 Å². The van der Waals surface area contributed by atoms with Gasteiger partial charge < -0.3 is 9.80 Å². The fraction of sp³-hybridized carbons (Fsp3) is 0.294. The number of aryl methyl sites for hydroxylation is 2. The largest absolute Gasteiger partial charge is 0.372 e. The van der Waals surface area contributed by atoms with Crippen LogP contribution in [0.2, 0.25) is 0 Å². The van der Waals surface area contributed by atoms with E-state index < -0.39 is 0 Å². The second-order valence-corrected chi connectivity index (χ2v) is 10.1. The second-order valence-electron chi connectivity index (χ2n) is 10.1. The van der Waals surface area contributed by atoms with Gasteiger partial charge in [-0.15, -0.1) is 0 Å². The zero-order valence-corrected chi connectivity index (χ0v) is 22.4. The highest BCUT2D eigenvalue weighted by molar-refractivity contribution is 5.93. The average Bonchev–Trinajstić information content (AvgIpc) is 2.97. The number of benzene rings is 3. The minimum atomic E-state index is 0.623. The smallest absolute Gasteiger partial charge is 0.0998 e. The molecular weight excluding hydrogens is 464 g/mol. The summed E-state index contributed by atoms with van der Waals surface area (Å²) in [5.41, 5.74) is 10.4. The Bertz CT molecular complexity index is 1350. The molecule has 0 radical (unpaired) electrons. The predicted molar refractivity (Wildman–Crippen MR) is 159 cm³/mol. The molecule has 2 heterocycles. The lowest BCUT2D eigenvalue weighted by Gasteiger charge is -2.30. The first-order chi connectivity index (χ1) is 18.6. The minimum Gasteiger partial charge on any atom is -0.372 e. The molecule has 0 saturated carbocycles. The molecule has 0 aliphatic carbocycles. The molecule has 0 bridgehead atoms. The molecule has 4 heteroatoms. The highest BCUT2D eigenvalue weighted by Crippen LogP contribution is 2.31. The van der Waals surface area contributed by atoms with Crippen molar-refractivity contribution in [2.24, 2.45) is 0 Å². The molecule has 0 spiro atoms. The van der Waals surface area contributed by atoms with E-state index in [9.17, 15) is 10.5 Å². The molecule has 0 fully saturated rings. The van der Waals surface area contributed by atoms with E-state index in [2.05, 4.69) is 72.2 Å². The van der Waals surface area contributed by atoms with Crippen LogP contribution in [-0.2, 0) is 12.8 Å². The number of rotatable bonds is 6. The maximum atomic E-state index is 9.92. The van der Waals surface area contributed by atoms with E-state index in [0.29, 0.717) is 11.1 Å².